The van der Waals surface area contributed by atoms with Gasteiger partial charge in [0.2, 0.25) is 10.0 Å². The van der Waals surface area contributed by atoms with Crippen LogP contribution in [0.5, 0.6) is 0 Å². The molecular formula is C11H17NO2S. The third-order valence-corrected chi connectivity index (χ3v) is 2.85. The van der Waals surface area contributed by atoms with Crippen molar-refractivity contribution in [2.45, 2.75) is 25.8 Å². The molecule has 0 aliphatic rings. The van der Waals surface area contributed by atoms with Crippen LogP contribution in [0.25, 0.3) is 0 Å². The van der Waals surface area contributed by atoms with E-state index < -0.39 is 10.0 Å². The number of nitrogens with one attached hydrogen (secondary N) is 1. The van der Waals surface area contributed by atoms with E-state index in [0.717, 1.165) is 18.4 Å². The monoisotopic (exact) mass is 227 g/mol. The van der Waals surface area contributed by atoms with Crippen LogP contribution >= 0.6 is 0 Å². The Kier molecular flexibility index (Phi) is 4.29. The van der Waals surface area contributed by atoms with E-state index in [4.69, 9.17) is 0 Å². The van der Waals surface area contributed by atoms with Crippen molar-refractivity contribution < 1.29 is 8.42 Å². The lowest BCUT2D eigenvalue weighted by Gasteiger charge is -2.16. The van der Waals surface area contributed by atoms with Gasteiger partial charge in [0.25, 0.3) is 0 Å². The van der Waals surface area contributed by atoms with Gasteiger partial charge in [0.15, 0.2) is 0 Å². The Hall–Kier alpha value is -0.870. The van der Waals surface area contributed by atoms with Gasteiger partial charge < -0.3 is 0 Å². The Morgan fingerprint density at radius 3 is 2.33 bits per heavy atom. The first-order valence-electron chi connectivity index (χ1n) is 5.05. The molecule has 0 spiro atoms. The van der Waals surface area contributed by atoms with Gasteiger partial charge in [0, 0.05) is 6.04 Å². The summed E-state index contributed by atoms with van der Waals surface area (Å²) in [5, 5.41) is 0. The highest BCUT2D eigenvalue weighted by Gasteiger charge is 2.14. The maximum absolute atomic E-state index is 11.2. The van der Waals surface area contributed by atoms with Crippen LogP contribution in [0.2, 0.25) is 0 Å². The normalized spacial score (nSPS) is 13.7. The molecular weight excluding hydrogens is 210 g/mol. The zero-order valence-electron chi connectivity index (χ0n) is 9.10. The van der Waals surface area contributed by atoms with Crippen molar-refractivity contribution in [3.8, 4) is 0 Å². The Bertz CT molecular complexity index is 386. The largest absolute Gasteiger partial charge is 0.213 e. The van der Waals surface area contributed by atoms with Crippen LogP contribution in [0, 0.1) is 0 Å². The van der Waals surface area contributed by atoms with E-state index in [1.165, 1.54) is 6.26 Å². The van der Waals surface area contributed by atoms with E-state index in [-0.39, 0.29) is 6.04 Å². The summed E-state index contributed by atoms with van der Waals surface area (Å²) >= 11 is 0. The van der Waals surface area contributed by atoms with Crippen molar-refractivity contribution in [2.24, 2.45) is 0 Å². The van der Waals surface area contributed by atoms with Crippen molar-refractivity contribution in [3.05, 3.63) is 35.9 Å². The zero-order valence-corrected chi connectivity index (χ0v) is 9.92. The molecule has 84 valence electrons. The van der Waals surface area contributed by atoms with Crippen LogP contribution in [0.4, 0.5) is 0 Å². The first-order valence-corrected chi connectivity index (χ1v) is 6.94. The predicted molar refractivity (Wildman–Crippen MR) is 62.1 cm³/mol. The summed E-state index contributed by atoms with van der Waals surface area (Å²) in [5.41, 5.74) is 1.02. The quantitative estimate of drug-likeness (QED) is 0.837. The minimum Gasteiger partial charge on any atom is -0.213 e. The molecule has 0 aromatic heterocycles. The first kappa shape index (κ1) is 12.2. The van der Waals surface area contributed by atoms with Crippen molar-refractivity contribution in [1.29, 1.82) is 0 Å². The van der Waals surface area contributed by atoms with E-state index in [0.29, 0.717) is 0 Å². The Labute approximate surface area is 91.6 Å². The summed E-state index contributed by atoms with van der Waals surface area (Å²) in [7, 11) is -3.14. The fourth-order valence-corrected chi connectivity index (χ4v) is 2.30. The number of benzene rings is 1. The van der Waals surface area contributed by atoms with E-state index in [1.807, 2.05) is 37.3 Å². The van der Waals surface area contributed by atoms with Crippen LogP contribution < -0.4 is 4.72 Å². The maximum Gasteiger partial charge on any atom is 0.209 e. The third-order valence-electron chi connectivity index (χ3n) is 2.14. The summed E-state index contributed by atoms with van der Waals surface area (Å²) < 4.78 is 25.0. The number of hydrogen-bond donors (Lipinski definition) is 1. The molecule has 1 aromatic carbocycles. The molecule has 15 heavy (non-hydrogen) atoms. The SMILES string of the molecule is CCCC(NS(C)(=O)=O)c1ccccc1. The van der Waals surface area contributed by atoms with Crippen LogP contribution in [0.1, 0.15) is 31.4 Å². The molecule has 3 nitrogen and oxygen atoms in total. The van der Waals surface area contributed by atoms with Gasteiger partial charge in [-0.05, 0) is 12.0 Å². The average molecular weight is 227 g/mol. The molecule has 1 unspecified atom stereocenters. The first-order chi connectivity index (χ1) is 7.03. The molecule has 0 amide bonds. The molecule has 4 heteroatoms. The molecule has 0 heterocycles. The number of hydrogen-bond acceptors (Lipinski definition) is 2. The molecule has 0 aliphatic carbocycles. The van der Waals surface area contributed by atoms with Crippen molar-refractivity contribution >= 4 is 10.0 Å². The highest BCUT2D eigenvalue weighted by molar-refractivity contribution is 7.88. The van der Waals surface area contributed by atoms with Crippen LogP contribution in [0.3, 0.4) is 0 Å². The molecule has 0 radical (unpaired) electrons. The second-order valence-electron chi connectivity index (χ2n) is 3.64. The van der Waals surface area contributed by atoms with Gasteiger partial charge in [0.1, 0.15) is 0 Å². The van der Waals surface area contributed by atoms with Gasteiger partial charge in [-0.1, -0.05) is 43.7 Å². The molecule has 0 bridgehead atoms. The van der Waals surface area contributed by atoms with Gasteiger partial charge in [-0.3, -0.25) is 0 Å². The van der Waals surface area contributed by atoms with E-state index in [1.54, 1.807) is 0 Å². The Morgan fingerprint density at radius 1 is 1.27 bits per heavy atom. The average Bonchev–Trinajstić information content (AvgIpc) is 2.17. The van der Waals surface area contributed by atoms with Gasteiger partial charge >= 0.3 is 0 Å². The van der Waals surface area contributed by atoms with E-state index in [9.17, 15) is 8.42 Å². The Morgan fingerprint density at radius 2 is 1.87 bits per heavy atom. The summed E-state index contributed by atoms with van der Waals surface area (Å²) in [4.78, 5) is 0. The van der Waals surface area contributed by atoms with Gasteiger partial charge in [-0.15, -0.1) is 0 Å². The smallest absolute Gasteiger partial charge is 0.209 e. The molecule has 1 aromatic rings. The van der Waals surface area contributed by atoms with Gasteiger partial charge in [-0.2, -0.15) is 0 Å². The fraction of sp³-hybridized carbons (Fsp3) is 0.455. The van der Waals surface area contributed by atoms with Gasteiger partial charge in [0.05, 0.1) is 6.26 Å². The van der Waals surface area contributed by atoms with Crippen LogP contribution in [-0.2, 0) is 10.0 Å². The van der Waals surface area contributed by atoms with E-state index >= 15 is 0 Å². The summed E-state index contributed by atoms with van der Waals surface area (Å²) in [6.45, 7) is 2.04. The highest BCUT2D eigenvalue weighted by Crippen LogP contribution is 2.18. The maximum atomic E-state index is 11.2. The standard InChI is InChI=1S/C11H17NO2S/c1-3-7-11(12-15(2,13)14)10-8-5-4-6-9-10/h4-6,8-9,11-12H,3,7H2,1-2H3. The zero-order chi connectivity index (χ0) is 11.3. The van der Waals surface area contributed by atoms with Gasteiger partial charge in [-0.25, -0.2) is 13.1 Å². The predicted octanol–water partition coefficient (Wildman–Crippen LogP) is 2.08. The summed E-state index contributed by atoms with van der Waals surface area (Å²) in [6.07, 6.45) is 2.96. The topological polar surface area (TPSA) is 46.2 Å². The lowest BCUT2D eigenvalue weighted by atomic mass is 10.0. The molecule has 1 N–H and O–H groups in total. The number of rotatable bonds is 5. The minimum absolute atomic E-state index is 0.105. The lowest BCUT2D eigenvalue weighted by Crippen LogP contribution is -2.27. The molecule has 0 saturated carbocycles. The second kappa shape index (κ2) is 5.28. The minimum atomic E-state index is -3.14. The molecule has 0 aliphatic heterocycles. The second-order valence-corrected chi connectivity index (χ2v) is 5.42. The van der Waals surface area contributed by atoms with Crippen molar-refractivity contribution in [1.82, 2.24) is 4.72 Å². The Balaban J connectivity index is 2.84. The van der Waals surface area contributed by atoms with Crippen LogP contribution in [-0.4, -0.2) is 14.7 Å². The molecule has 1 atom stereocenters. The lowest BCUT2D eigenvalue weighted by molar-refractivity contribution is 0.541. The number of sulfonamides is 1. The third kappa shape index (κ3) is 4.44. The highest BCUT2D eigenvalue weighted by atomic mass is 32.2. The summed E-state index contributed by atoms with van der Waals surface area (Å²) in [6, 6.07) is 9.54. The molecule has 0 fully saturated rings. The van der Waals surface area contributed by atoms with Crippen LogP contribution in [0.15, 0.2) is 30.3 Å². The molecule has 1 rings (SSSR count). The molecule has 0 saturated heterocycles. The fourth-order valence-electron chi connectivity index (χ4n) is 1.53. The van der Waals surface area contributed by atoms with Crippen molar-refractivity contribution in [2.75, 3.05) is 6.26 Å². The van der Waals surface area contributed by atoms with E-state index in [2.05, 4.69) is 4.72 Å². The summed E-state index contributed by atoms with van der Waals surface area (Å²) in [5.74, 6) is 0. The van der Waals surface area contributed by atoms with Crippen molar-refractivity contribution in [3.63, 3.8) is 0 Å².